The molecule has 1 N–H and O–H groups in total. The molecule has 2 aromatic rings. The molecule has 4 rings (SSSR count). The van der Waals surface area contributed by atoms with Gasteiger partial charge >= 0.3 is 0 Å². The molecule has 4 nitrogen and oxygen atoms in total. The summed E-state index contributed by atoms with van der Waals surface area (Å²) in [4.78, 5) is 16.2. The number of phenols is 1. The van der Waals surface area contributed by atoms with Crippen LogP contribution in [0.3, 0.4) is 0 Å². The first-order valence-corrected chi connectivity index (χ1v) is 10.6. The molecule has 0 aromatic heterocycles. The predicted molar refractivity (Wildman–Crippen MR) is 112 cm³/mol. The number of halogens is 4. The number of carbonyl (C=O) groups is 1. The van der Waals surface area contributed by atoms with Crippen LogP contribution in [0.2, 0.25) is 10.0 Å². The highest BCUT2D eigenvalue weighted by Gasteiger charge is 2.49. The van der Waals surface area contributed by atoms with E-state index in [4.69, 9.17) is 23.2 Å². The number of hydrogen-bond acceptors (Lipinski definition) is 3. The van der Waals surface area contributed by atoms with Crippen LogP contribution in [0, 0.1) is 0 Å². The third-order valence-corrected chi connectivity index (χ3v) is 6.73. The third-order valence-electron chi connectivity index (χ3n) is 5.99. The minimum absolute atomic E-state index is 0.0538. The molecule has 2 atom stereocenters. The smallest absolute Gasteiger partial charge is 0.267 e. The highest BCUT2D eigenvalue weighted by molar-refractivity contribution is 6.42. The lowest BCUT2D eigenvalue weighted by Gasteiger charge is -2.40. The fourth-order valence-corrected chi connectivity index (χ4v) is 4.75. The number of nitrogens with zero attached hydrogens (tertiary/aromatic N) is 2. The maximum atomic E-state index is 15.0. The third kappa shape index (κ3) is 4.27. The van der Waals surface area contributed by atoms with Crippen LogP contribution in [-0.4, -0.2) is 52.4 Å². The summed E-state index contributed by atoms with van der Waals surface area (Å²) >= 11 is 12.0. The van der Waals surface area contributed by atoms with Gasteiger partial charge in [-0.25, -0.2) is 8.78 Å². The van der Waals surface area contributed by atoms with Gasteiger partial charge in [0.25, 0.3) is 5.92 Å². The fourth-order valence-electron chi connectivity index (χ4n) is 4.43. The van der Waals surface area contributed by atoms with Crippen LogP contribution in [0.4, 0.5) is 8.78 Å². The quantitative estimate of drug-likeness (QED) is 0.712. The van der Waals surface area contributed by atoms with Crippen molar-refractivity contribution >= 4 is 29.1 Å². The van der Waals surface area contributed by atoms with Crippen molar-refractivity contribution in [3.05, 3.63) is 63.6 Å². The van der Waals surface area contributed by atoms with E-state index in [0.717, 1.165) is 5.56 Å². The van der Waals surface area contributed by atoms with Crippen molar-refractivity contribution in [1.29, 1.82) is 0 Å². The van der Waals surface area contributed by atoms with Gasteiger partial charge in [0.2, 0.25) is 5.91 Å². The van der Waals surface area contributed by atoms with E-state index < -0.39 is 24.4 Å². The van der Waals surface area contributed by atoms with E-state index in [-0.39, 0.29) is 18.1 Å². The van der Waals surface area contributed by atoms with E-state index >= 15 is 0 Å². The molecule has 2 saturated heterocycles. The molecule has 2 aliphatic rings. The largest absolute Gasteiger partial charge is 0.508 e. The van der Waals surface area contributed by atoms with E-state index in [0.29, 0.717) is 41.7 Å². The standard InChI is InChI=1S/C22H22Cl2F2N2O2/c23-18-6-1-14(11-19(18)24)12-27-10-8-20(21(27)30)28-9-7-17(22(25,26)13-28)15-2-4-16(29)5-3-15/h1-6,11,17,20,29H,7-10,12-13H2. The summed E-state index contributed by atoms with van der Waals surface area (Å²) < 4.78 is 29.9. The summed E-state index contributed by atoms with van der Waals surface area (Å²) in [6, 6.07) is 10.6. The summed E-state index contributed by atoms with van der Waals surface area (Å²) in [6.45, 7) is 0.882. The topological polar surface area (TPSA) is 43.8 Å². The summed E-state index contributed by atoms with van der Waals surface area (Å²) in [5.74, 6) is -3.94. The Balaban J connectivity index is 1.42. The highest BCUT2D eigenvalue weighted by Crippen LogP contribution is 2.42. The van der Waals surface area contributed by atoms with E-state index in [1.165, 1.54) is 12.1 Å². The lowest BCUT2D eigenvalue weighted by atomic mass is 9.85. The molecule has 2 heterocycles. The fraction of sp³-hybridized carbons (Fsp3) is 0.409. The lowest BCUT2D eigenvalue weighted by Crippen LogP contribution is -2.53. The predicted octanol–water partition coefficient (Wildman–Crippen LogP) is 4.92. The number of carbonyl (C=O) groups excluding carboxylic acids is 1. The number of piperidine rings is 1. The Kier molecular flexibility index (Phi) is 5.93. The summed E-state index contributed by atoms with van der Waals surface area (Å²) in [5.41, 5.74) is 1.37. The van der Waals surface area contributed by atoms with E-state index in [1.54, 1.807) is 34.1 Å². The monoisotopic (exact) mass is 454 g/mol. The van der Waals surface area contributed by atoms with Gasteiger partial charge in [0.1, 0.15) is 5.75 Å². The van der Waals surface area contributed by atoms with Crippen molar-refractivity contribution < 1.29 is 18.7 Å². The molecule has 30 heavy (non-hydrogen) atoms. The molecule has 0 spiro atoms. The molecule has 0 bridgehead atoms. The Hall–Kier alpha value is -1.89. The molecular weight excluding hydrogens is 433 g/mol. The number of likely N-dealkylation sites (tertiary alicyclic amines) is 2. The van der Waals surface area contributed by atoms with Crippen LogP contribution in [0.15, 0.2) is 42.5 Å². The summed E-state index contributed by atoms with van der Waals surface area (Å²) in [5, 5.41) is 10.3. The first-order chi connectivity index (χ1) is 14.2. The maximum absolute atomic E-state index is 15.0. The molecule has 1 amide bonds. The van der Waals surface area contributed by atoms with Gasteiger partial charge in [-0.3, -0.25) is 9.69 Å². The highest BCUT2D eigenvalue weighted by atomic mass is 35.5. The molecule has 2 aromatic carbocycles. The normalized spacial score (nSPS) is 24.4. The van der Waals surface area contributed by atoms with E-state index in [9.17, 15) is 18.7 Å². The Morgan fingerprint density at radius 2 is 1.77 bits per heavy atom. The van der Waals surface area contributed by atoms with Crippen molar-refractivity contribution in [3.63, 3.8) is 0 Å². The van der Waals surface area contributed by atoms with Crippen LogP contribution < -0.4 is 0 Å². The van der Waals surface area contributed by atoms with E-state index in [1.807, 2.05) is 6.07 Å². The summed E-state index contributed by atoms with van der Waals surface area (Å²) in [7, 11) is 0. The molecule has 0 saturated carbocycles. The van der Waals surface area contributed by atoms with Gasteiger partial charge in [0.15, 0.2) is 0 Å². The number of benzene rings is 2. The number of rotatable bonds is 4. The molecule has 2 fully saturated rings. The van der Waals surface area contributed by atoms with Crippen molar-refractivity contribution in [2.24, 2.45) is 0 Å². The first-order valence-electron chi connectivity index (χ1n) is 9.88. The van der Waals surface area contributed by atoms with Gasteiger partial charge in [-0.2, -0.15) is 0 Å². The second-order valence-corrected chi connectivity index (χ2v) is 8.79. The van der Waals surface area contributed by atoms with E-state index in [2.05, 4.69) is 0 Å². The average Bonchev–Trinajstić information content (AvgIpc) is 3.05. The summed E-state index contributed by atoms with van der Waals surface area (Å²) in [6.07, 6.45) is 0.786. The Bertz CT molecular complexity index is 939. The number of hydrogen-bond donors (Lipinski definition) is 1. The Labute approximate surface area is 184 Å². The van der Waals surface area contributed by atoms with Gasteiger partial charge in [-0.1, -0.05) is 41.4 Å². The van der Waals surface area contributed by atoms with Crippen LogP contribution in [0.25, 0.3) is 0 Å². The average molecular weight is 455 g/mol. The van der Waals surface area contributed by atoms with Gasteiger partial charge in [-0.15, -0.1) is 0 Å². The zero-order valence-electron chi connectivity index (χ0n) is 16.2. The first kappa shape index (κ1) is 21.3. The van der Waals surface area contributed by atoms with Crippen LogP contribution in [0.1, 0.15) is 29.9 Å². The van der Waals surface area contributed by atoms with Crippen LogP contribution >= 0.6 is 23.2 Å². The molecule has 8 heteroatoms. The molecule has 2 aliphatic heterocycles. The number of amides is 1. The van der Waals surface area contributed by atoms with Crippen LogP contribution in [-0.2, 0) is 11.3 Å². The van der Waals surface area contributed by atoms with Crippen molar-refractivity contribution in [1.82, 2.24) is 9.80 Å². The second kappa shape index (κ2) is 8.33. The van der Waals surface area contributed by atoms with Gasteiger partial charge in [-0.05, 0) is 54.8 Å². The molecular formula is C22H22Cl2F2N2O2. The van der Waals surface area contributed by atoms with Gasteiger partial charge in [0.05, 0.1) is 28.5 Å². The Morgan fingerprint density at radius 1 is 1.03 bits per heavy atom. The SMILES string of the molecule is O=C1C(N2CCC(c3ccc(O)cc3)C(F)(F)C2)CCN1Cc1ccc(Cl)c(Cl)c1. The zero-order valence-corrected chi connectivity index (χ0v) is 17.7. The Morgan fingerprint density at radius 3 is 2.43 bits per heavy atom. The molecule has 2 unspecified atom stereocenters. The van der Waals surface area contributed by atoms with Crippen molar-refractivity contribution in [2.75, 3.05) is 19.6 Å². The number of phenolic OH excluding ortho intramolecular Hbond substituents is 1. The molecule has 0 aliphatic carbocycles. The molecule has 0 radical (unpaired) electrons. The number of aromatic hydroxyl groups is 1. The minimum Gasteiger partial charge on any atom is -0.508 e. The second-order valence-electron chi connectivity index (χ2n) is 7.98. The maximum Gasteiger partial charge on any atom is 0.267 e. The zero-order chi connectivity index (χ0) is 21.5. The van der Waals surface area contributed by atoms with Crippen molar-refractivity contribution in [2.45, 2.75) is 37.3 Å². The molecule has 160 valence electrons. The van der Waals surface area contributed by atoms with Gasteiger partial charge in [0, 0.05) is 13.1 Å². The van der Waals surface area contributed by atoms with Gasteiger partial charge < -0.3 is 10.0 Å². The minimum atomic E-state index is -2.95. The number of alkyl halides is 2. The van der Waals surface area contributed by atoms with Crippen molar-refractivity contribution in [3.8, 4) is 5.75 Å². The lowest BCUT2D eigenvalue weighted by molar-refractivity contribution is -0.137. The van der Waals surface area contributed by atoms with Crippen LogP contribution in [0.5, 0.6) is 5.75 Å².